The van der Waals surface area contributed by atoms with Crippen molar-refractivity contribution in [2.45, 2.75) is 29.2 Å². The maximum absolute atomic E-state index is 12.0. The zero-order chi connectivity index (χ0) is 16.1. The highest BCUT2D eigenvalue weighted by Crippen LogP contribution is 2.47. The quantitative estimate of drug-likeness (QED) is 0.739. The van der Waals surface area contributed by atoms with Crippen molar-refractivity contribution in [3.8, 4) is 0 Å². The van der Waals surface area contributed by atoms with Gasteiger partial charge in [-0.15, -0.1) is 10.2 Å². The van der Waals surface area contributed by atoms with Gasteiger partial charge in [-0.25, -0.2) is 0 Å². The van der Waals surface area contributed by atoms with E-state index in [9.17, 15) is 4.79 Å². The molecule has 122 valence electrons. The SMILES string of the molecule is CSCc1nnc(SCC(=O)NCC2(c3ccccc3)CC2)o1. The minimum absolute atomic E-state index is 0.00169. The molecule has 2 aromatic rings. The van der Waals surface area contributed by atoms with Crippen LogP contribution in [-0.4, -0.2) is 34.7 Å². The highest BCUT2D eigenvalue weighted by atomic mass is 32.2. The lowest BCUT2D eigenvalue weighted by atomic mass is 9.96. The predicted molar refractivity (Wildman–Crippen MR) is 92.6 cm³/mol. The van der Waals surface area contributed by atoms with Gasteiger partial charge in [0.15, 0.2) is 0 Å². The van der Waals surface area contributed by atoms with Crippen molar-refractivity contribution < 1.29 is 9.21 Å². The molecular formula is C16H19N3O2S2. The molecule has 1 aromatic heterocycles. The van der Waals surface area contributed by atoms with Gasteiger partial charge in [-0.2, -0.15) is 11.8 Å². The summed E-state index contributed by atoms with van der Waals surface area (Å²) < 4.78 is 5.44. The summed E-state index contributed by atoms with van der Waals surface area (Å²) >= 11 is 2.90. The third kappa shape index (κ3) is 4.29. The van der Waals surface area contributed by atoms with E-state index >= 15 is 0 Å². The monoisotopic (exact) mass is 349 g/mol. The number of carbonyl (C=O) groups excluding carboxylic acids is 1. The van der Waals surface area contributed by atoms with Crippen LogP contribution in [0.25, 0.3) is 0 Å². The van der Waals surface area contributed by atoms with Crippen molar-refractivity contribution >= 4 is 29.4 Å². The summed E-state index contributed by atoms with van der Waals surface area (Å²) in [5.41, 5.74) is 1.45. The van der Waals surface area contributed by atoms with Crippen molar-refractivity contribution in [1.82, 2.24) is 15.5 Å². The molecule has 1 heterocycles. The number of hydrogen-bond acceptors (Lipinski definition) is 6. The number of rotatable bonds is 8. The number of thioether (sulfide) groups is 2. The summed E-state index contributed by atoms with van der Waals surface area (Å²) in [6.45, 7) is 0.692. The molecule has 1 N–H and O–H groups in total. The molecule has 23 heavy (non-hydrogen) atoms. The van der Waals surface area contributed by atoms with E-state index in [-0.39, 0.29) is 11.3 Å². The van der Waals surface area contributed by atoms with Gasteiger partial charge in [0, 0.05) is 12.0 Å². The molecule has 0 atom stereocenters. The lowest BCUT2D eigenvalue weighted by Crippen LogP contribution is -2.33. The van der Waals surface area contributed by atoms with E-state index in [0.717, 1.165) is 12.8 Å². The summed E-state index contributed by atoms with van der Waals surface area (Å²) in [4.78, 5) is 12.0. The van der Waals surface area contributed by atoms with Crippen LogP contribution in [0, 0.1) is 0 Å². The molecular weight excluding hydrogens is 330 g/mol. The van der Waals surface area contributed by atoms with Crippen LogP contribution in [0.15, 0.2) is 40.0 Å². The molecule has 5 nitrogen and oxygen atoms in total. The molecule has 0 bridgehead atoms. The van der Waals surface area contributed by atoms with Gasteiger partial charge >= 0.3 is 0 Å². The zero-order valence-electron chi connectivity index (χ0n) is 12.9. The van der Waals surface area contributed by atoms with Crippen molar-refractivity contribution in [1.29, 1.82) is 0 Å². The van der Waals surface area contributed by atoms with E-state index in [4.69, 9.17) is 4.42 Å². The lowest BCUT2D eigenvalue weighted by Gasteiger charge is -2.16. The smallest absolute Gasteiger partial charge is 0.277 e. The lowest BCUT2D eigenvalue weighted by molar-refractivity contribution is -0.118. The van der Waals surface area contributed by atoms with Crippen LogP contribution in [0.1, 0.15) is 24.3 Å². The third-order valence-corrected chi connectivity index (χ3v) is 5.26. The number of hydrogen-bond donors (Lipinski definition) is 1. The van der Waals surface area contributed by atoms with Crippen LogP contribution < -0.4 is 5.32 Å². The fourth-order valence-electron chi connectivity index (χ4n) is 2.43. The molecule has 1 aliphatic carbocycles. The molecule has 1 aromatic carbocycles. The number of benzene rings is 1. The molecule has 3 rings (SSSR count). The third-order valence-electron chi connectivity index (χ3n) is 3.91. The first-order valence-corrected chi connectivity index (χ1v) is 9.86. The number of aromatic nitrogens is 2. The van der Waals surface area contributed by atoms with Gasteiger partial charge in [0.1, 0.15) is 0 Å². The fourth-order valence-corrected chi connectivity index (χ4v) is 3.41. The molecule has 0 spiro atoms. The Morgan fingerprint density at radius 2 is 2.09 bits per heavy atom. The first-order chi connectivity index (χ1) is 11.2. The van der Waals surface area contributed by atoms with E-state index in [1.165, 1.54) is 17.3 Å². The van der Waals surface area contributed by atoms with Gasteiger partial charge in [0.25, 0.3) is 5.22 Å². The maximum Gasteiger partial charge on any atom is 0.277 e. The minimum Gasteiger partial charge on any atom is -0.415 e. The summed E-state index contributed by atoms with van der Waals surface area (Å²) in [6, 6.07) is 10.4. The molecule has 1 amide bonds. The Hall–Kier alpha value is -1.47. The van der Waals surface area contributed by atoms with E-state index < -0.39 is 0 Å². The van der Waals surface area contributed by atoms with Crippen molar-refractivity contribution in [2.24, 2.45) is 0 Å². The summed E-state index contributed by atoms with van der Waals surface area (Å²) in [5, 5.41) is 11.3. The Morgan fingerprint density at radius 1 is 1.30 bits per heavy atom. The van der Waals surface area contributed by atoms with E-state index in [0.29, 0.717) is 29.2 Å². The van der Waals surface area contributed by atoms with Crippen LogP contribution in [-0.2, 0) is 16.0 Å². The van der Waals surface area contributed by atoms with Gasteiger partial charge in [-0.3, -0.25) is 4.79 Å². The second-order valence-corrected chi connectivity index (χ2v) is 7.40. The van der Waals surface area contributed by atoms with Gasteiger partial charge in [-0.1, -0.05) is 42.1 Å². The molecule has 7 heteroatoms. The van der Waals surface area contributed by atoms with Crippen LogP contribution in [0.3, 0.4) is 0 Å². The number of carbonyl (C=O) groups is 1. The average molecular weight is 349 g/mol. The first-order valence-electron chi connectivity index (χ1n) is 7.48. The molecule has 0 saturated heterocycles. The Labute approximate surface area is 144 Å². The van der Waals surface area contributed by atoms with Gasteiger partial charge in [-0.05, 0) is 24.7 Å². The standard InChI is InChI=1S/C16H19N3O2S2/c1-22-10-14-18-19-15(21-14)23-9-13(20)17-11-16(7-8-16)12-5-3-2-4-6-12/h2-6H,7-11H2,1H3,(H,17,20). The average Bonchev–Trinajstić information content (AvgIpc) is 3.25. The summed E-state index contributed by atoms with van der Waals surface area (Å²) in [5.74, 6) is 1.59. The Kier molecular flexibility index (Phi) is 5.27. The summed E-state index contributed by atoms with van der Waals surface area (Å²) in [6.07, 6.45) is 4.24. The Morgan fingerprint density at radius 3 is 2.78 bits per heavy atom. The maximum atomic E-state index is 12.0. The molecule has 0 unspecified atom stereocenters. The van der Waals surface area contributed by atoms with Crippen molar-refractivity contribution in [3.63, 3.8) is 0 Å². The number of amides is 1. The Bertz CT molecular complexity index is 656. The van der Waals surface area contributed by atoms with Gasteiger partial charge in [0.2, 0.25) is 11.8 Å². The van der Waals surface area contributed by atoms with Gasteiger partial charge < -0.3 is 9.73 Å². The van der Waals surface area contributed by atoms with Crippen LogP contribution >= 0.6 is 23.5 Å². The second kappa shape index (κ2) is 7.40. The first kappa shape index (κ1) is 16.4. The van der Waals surface area contributed by atoms with Crippen molar-refractivity contribution in [3.05, 3.63) is 41.8 Å². The molecule has 0 radical (unpaired) electrons. The minimum atomic E-state index is 0.00169. The molecule has 1 aliphatic rings. The normalized spacial score (nSPS) is 15.3. The largest absolute Gasteiger partial charge is 0.415 e. The zero-order valence-corrected chi connectivity index (χ0v) is 14.6. The molecule has 1 fully saturated rings. The highest BCUT2D eigenvalue weighted by molar-refractivity contribution is 7.99. The van der Waals surface area contributed by atoms with E-state index in [1.54, 1.807) is 11.8 Å². The van der Waals surface area contributed by atoms with E-state index in [1.807, 2.05) is 12.3 Å². The second-order valence-electron chi connectivity index (χ2n) is 5.61. The molecule has 1 saturated carbocycles. The Balaban J connectivity index is 1.45. The van der Waals surface area contributed by atoms with Crippen LogP contribution in [0.2, 0.25) is 0 Å². The highest BCUT2D eigenvalue weighted by Gasteiger charge is 2.44. The topological polar surface area (TPSA) is 68.0 Å². The fraction of sp³-hybridized carbons (Fsp3) is 0.438. The van der Waals surface area contributed by atoms with Crippen LogP contribution in [0.5, 0.6) is 0 Å². The van der Waals surface area contributed by atoms with Crippen molar-refractivity contribution in [2.75, 3.05) is 18.6 Å². The number of nitrogens with zero attached hydrogens (tertiary/aromatic N) is 2. The number of nitrogens with one attached hydrogen (secondary N) is 1. The molecule has 0 aliphatic heterocycles. The predicted octanol–water partition coefficient (Wildman–Crippen LogP) is 2.87. The van der Waals surface area contributed by atoms with Gasteiger partial charge in [0.05, 0.1) is 11.5 Å². The van der Waals surface area contributed by atoms with E-state index in [2.05, 4.69) is 39.8 Å². The van der Waals surface area contributed by atoms with Crippen LogP contribution in [0.4, 0.5) is 0 Å². The summed E-state index contributed by atoms with van der Waals surface area (Å²) in [7, 11) is 0.